The van der Waals surface area contributed by atoms with Crippen molar-refractivity contribution < 1.29 is 28.8 Å². The molecule has 0 aromatic carbocycles. The zero-order chi connectivity index (χ0) is 31.1. The van der Waals surface area contributed by atoms with Crippen LogP contribution in [0.1, 0.15) is 72.4 Å². The maximum atomic E-state index is 13.5. The number of hydrogen-bond acceptors (Lipinski definition) is 8. The number of carbonyl (C=O) groups is 6. The van der Waals surface area contributed by atoms with Gasteiger partial charge in [0, 0.05) is 50.4 Å². The second-order valence-electron chi connectivity index (χ2n) is 11.0. The quantitative estimate of drug-likeness (QED) is 0.149. The van der Waals surface area contributed by atoms with Gasteiger partial charge in [-0.05, 0) is 36.7 Å². The van der Waals surface area contributed by atoms with Crippen LogP contribution in [0.5, 0.6) is 0 Å². The molecule has 0 radical (unpaired) electrons. The number of thioether (sulfide) groups is 1. The molecule has 230 valence electrons. The first kappa shape index (κ1) is 35.8. The maximum Gasteiger partial charge on any atom is 0.240 e. The van der Waals surface area contributed by atoms with E-state index < -0.39 is 41.8 Å². The second kappa shape index (κ2) is 18.3. The molecule has 0 aliphatic heterocycles. The molecule has 0 aliphatic rings. The van der Waals surface area contributed by atoms with E-state index in [4.69, 9.17) is 5.73 Å². The molecule has 1 aromatic rings. The average molecular weight is 595 g/mol. The number of ketones is 2. The molecular formula is C28H46N6O6S. The largest absolute Gasteiger partial charge is 0.368 e. The third kappa shape index (κ3) is 13.8. The summed E-state index contributed by atoms with van der Waals surface area (Å²) in [5.41, 5.74) is 6.10. The van der Waals surface area contributed by atoms with Crippen LogP contribution in [0.2, 0.25) is 0 Å². The highest BCUT2D eigenvalue weighted by molar-refractivity contribution is 7.98. The summed E-state index contributed by atoms with van der Waals surface area (Å²) in [5, 5.41) is 8.04. The predicted octanol–water partition coefficient (Wildman–Crippen LogP) is 1.29. The molecule has 0 aliphatic carbocycles. The number of rotatable bonds is 20. The number of primary amides is 1. The fourth-order valence-corrected chi connectivity index (χ4v) is 4.88. The summed E-state index contributed by atoms with van der Waals surface area (Å²) in [5.74, 6) is -2.72. The van der Waals surface area contributed by atoms with Crippen LogP contribution in [0, 0.1) is 17.8 Å². The molecule has 0 unspecified atom stereocenters. The maximum absolute atomic E-state index is 13.5. The zero-order valence-corrected chi connectivity index (χ0v) is 25.8. The Bertz CT molecular complexity index is 1030. The van der Waals surface area contributed by atoms with E-state index in [1.54, 1.807) is 13.8 Å². The first-order chi connectivity index (χ1) is 19.2. The minimum absolute atomic E-state index is 0.0842. The fourth-order valence-electron chi connectivity index (χ4n) is 4.41. The number of aromatic amines is 1. The zero-order valence-electron chi connectivity index (χ0n) is 25.0. The van der Waals surface area contributed by atoms with E-state index in [1.165, 1.54) is 31.2 Å². The number of amides is 4. The van der Waals surface area contributed by atoms with Crippen molar-refractivity contribution in [1.29, 1.82) is 0 Å². The van der Waals surface area contributed by atoms with Crippen LogP contribution in [-0.4, -0.2) is 75.3 Å². The van der Waals surface area contributed by atoms with Crippen LogP contribution < -0.4 is 21.7 Å². The molecule has 1 heterocycles. The lowest BCUT2D eigenvalue weighted by Gasteiger charge is -2.24. The summed E-state index contributed by atoms with van der Waals surface area (Å²) < 4.78 is 0. The SMILES string of the molecule is CSCC[C@H](NC(=O)[C@@H](CC(=O)[C@H](Cc1cnc[nH]1)NC(=O)CCC(=O)[C@@H](NC(C)=O)C(C)C)CC(C)C)C(N)=O. The molecule has 1 rings (SSSR count). The third-order valence-corrected chi connectivity index (χ3v) is 7.16. The van der Waals surface area contributed by atoms with Gasteiger partial charge in [-0.25, -0.2) is 4.98 Å². The van der Waals surface area contributed by atoms with E-state index in [1.807, 2.05) is 20.1 Å². The van der Waals surface area contributed by atoms with Crippen molar-refractivity contribution in [2.75, 3.05) is 12.0 Å². The van der Waals surface area contributed by atoms with Gasteiger partial charge in [0.25, 0.3) is 0 Å². The van der Waals surface area contributed by atoms with Crippen LogP contribution in [0.4, 0.5) is 0 Å². The van der Waals surface area contributed by atoms with E-state index in [0.29, 0.717) is 24.3 Å². The number of nitrogens with one attached hydrogen (secondary N) is 4. The third-order valence-electron chi connectivity index (χ3n) is 6.52. The number of H-pyrrole nitrogens is 1. The minimum atomic E-state index is -0.972. The van der Waals surface area contributed by atoms with E-state index in [9.17, 15) is 28.8 Å². The molecule has 4 amide bonds. The van der Waals surface area contributed by atoms with Gasteiger partial charge in [0.2, 0.25) is 23.6 Å². The Morgan fingerprint density at radius 3 is 2.17 bits per heavy atom. The Balaban J connectivity index is 3.01. The van der Waals surface area contributed by atoms with Gasteiger partial charge in [-0.15, -0.1) is 0 Å². The standard InChI is InChI=1S/C28H46N6O6S/c1-16(2)11-19(28(40)34-21(27(29)39)9-10-41-6)12-24(37)22(13-20-14-30-15-31-20)33-25(38)8-7-23(36)26(17(3)4)32-18(5)35/h14-17,19,21-22,26H,7-13H2,1-6H3,(H2,29,39)(H,30,31)(H,32,35)(H,33,38)(H,34,40)/t19-,21+,22+,26+/m1/s1. The Morgan fingerprint density at radius 2 is 1.66 bits per heavy atom. The summed E-state index contributed by atoms with van der Waals surface area (Å²) in [7, 11) is 0. The van der Waals surface area contributed by atoms with Gasteiger partial charge in [-0.1, -0.05) is 27.7 Å². The van der Waals surface area contributed by atoms with Gasteiger partial charge < -0.3 is 26.7 Å². The fraction of sp³-hybridized carbons (Fsp3) is 0.679. The Labute approximate surface area is 246 Å². The van der Waals surface area contributed by atoms with Gasteiger partial charge in [0.15, 0.2) is 11.6 Å². The molecule has 0 fully saturated rings. The molecule has 41 heavy (non-hydrogen) atoms. The highest BCUT2D eigenvalue weighted by atomic mass is 32.2. The lowest BCUT2D eigenvalue weighted by molar-refractivity contribution is -0.134. The monoisotopic (exact) mass is 594 g/mol. The molecule has 4 atom stereocenters. The van der Waals surface area contributed by atoms with E-state index in [2.05, 4.69) is 25.9 Å². The summed E-state index contributed by atoms with van der Waals surface area (Å²) in [6, 6.07) is -2.52. The van der Waals surface area contributed by atoms with Crippen molar-refractivity contribution >= 4 is 47.0 Å². The lowest BCUT2D eigenvalue weighted by atomic mass is 9.88. The molecule has 0 bridgehead atoms. The van der Waals surface area contributed by atoms with Crippen molar-refractivity contribution in [2.45, 2.75) is 91.3 Å². The van der Waals surface area contributed by atoms with Gasteiger partial charge >= 0.3 is 0 Å². The number of nitrogens with zero attached hydrogens (tertiary/aromatic N) is 1. The van der Waals surface area contributed by atoms with Crippen molar-refractivity contribution in [2.24, 2.45) is 23.5 Å². The van der Waals surface area contributed by atoms with Gasteiger partial charge in [-0.3, -0.25) is 28.8 Å². The normalized spacial score (nSPS) is 14.1. The predicted molar refractivity (Wildman–Crippen MR) is 158 cm³/mol. The van der Waals surface area contributed by atoms with Gasteiger partial charge in [-0.2, -0.15) is 11.8 Å². The Morgan fingerprint density at radius 1 is 0.976 bits per heavy atom. The molecule has 6 N–H and O–H groups in total. The Kier molecular flexibility index (Phi) is 15.9. The van der Waals surface area contributed by atoms with Crippen molar-refractivity contribution in [3.63, 3.8) is 0 Å². The molecule has 0 saturated heterocycles. The van der Waals surface area contributed by atoms with Crippen molar-refractivity contribution in [1.82, 2.24) is 25.9 Å². The van der Waals surface area contributed by atoms with Gasteiger partial charge in [0.1, 0.15) is 6.04 Å². The average Bonchev–Trinajstić information content (AvgIpc) is 3.39. The summed E-state index contributed by atoms with van der Waals surface area (Å²) in [6.07, 6.45) is 5.34. The molecule has 0 saturated carbocycles. The molecule has 1 aromatic heterocycles. The summed E-state index contributed by atoms with van der Waals surface area (Å²) >= 11 is 1.53. The first-order valence-electron chi connectivity index (χ1n) is 13.9. The van der Waals surface area contributed by atoms with Gasteiger partial charge in [0.05, 0.1) is 18.4 Å². The lowest BCUT2D eigenvalue weighted by Crippen LogP contribution is -2.49. The molecule has 12 nitrogen and oxygen atoms in total. The highest BCUT2D eigenvalue weighted by Crippen LogP contribution is 2.19. The summed E-state index contributed by atoms with van der Waals surface area (Å²) in [6.45, 7) is 8.78. The van der Waals surface area contributed by atoms with Crippen LogP contribution in [-0.2, 0) is 35.2 Å². The minimum Gasteiger partial charge on any atom is -0.368 e. The van der Waals surface area contributed by atoms with E-state index in [0.717, 1.165) is 0 Å². The number of Topliss-reactive ketones (excluding diaryl/α,β-unsaturated/α-hetero) is 2. The second-order valence-corrected chi connectivity index (χ2v) is 12.0. The Hall–Kier alpha value is -3.22. The van der Waals surface area contributed by atoms with Crippen molar-refractivity contribution in [3.05, 3.63) is 18.2 Å². The van der Waals surface area contributed by atoms with Crippen molar-refractivity contribution in [3.8, 4) is 0 Å². The van der Waals surface area contributed by atoms with Crippen LogP contribution in [0.15, 0.2) is 12.5 Å². The number of nitrogens with two attached hydrogens (primary N) is 1. The molecule has 13 heteroatoms. The van der Waals surface area contributed by atoms with Crippen LogP contribution in [0.25, 0.3) is 0 Å². The van der Waals surface area contributed by atoms with Crippen LogP contribution in [0.3, 0.4) is 0 Å². The number of carbonyl (C=O) groups excluding carboxylic acids is 6. The van der Waals surface area contributed by atoms with E-state index in [-0.39, 0.29) is 55.0 Å². The molecular weight excluding hydrogens is 548 g/mol. The molecule has 0 spiro atoms. The smallest absolute Gasteiger partial charge is 0.240 e. The highest BCUT2D eigenvalue weighted by Gasteiger charge is 2.31. The van der Waals surface area contributed by atoms with Crippen LogP contribution >= 0.6 is 11.8 Å². The first-order valence-corrected chi connectivity index (χ1v) is 15.3. The summed E-state index contributed by atoms with van der Waals surface area (Å²) in [4.78, 5) is 82.5. The number of hydrogen-bond donors (Lipinski definition) is 5. The number of imidazole rings is 1. The topological polar surface area (TPSA) is 193 Å². The number of aromatic nitrogens is 2. The van der Waals surface area contributed by atoms with E-state index >= 15 is 0 Å².